The number of halogens is 2. The van der Waals surface area contributed by atoms with E-state index in [0.717, 1.165) is 5.56 Å². The van der Waals surface area contributed by atoms with Gasteiger partial charge in [0.1, 0.15) is 0 Å². The van der Waals surface area contributed by atoms with E-state index in [0.29, 0.717) is 34.5 Å². The number of nitrogens with zero attached hydrogens (tertiary/aromatic N) is 1. The minimum absolute atomic E-state index is 0.00734. The second-order valence-corrected chi connectivity index (χ2v) is 6.48. The predicted octanol–water partition coefficient (Wildman–Crippen LogP) is 4.00. The lowest BCUT2D eigenvalue weighted by atomic mass is 10.1. The number of carbonyl (C=O) groups excluding carboxylic acids is 1. The van der Waals surface area contributed by atoms with Crippen LogP contribution in [0.2, 0.25) is 10.0 Å². The first kappa shape index (κ1) is 19.0. The molecule has 0 aliphatic carbocycles. The quantitative estimate of drug-likeness (QED) is 0.443. The van der Waals surface area contributed by atoms with Crippen molar-refractivity contribution in [2.24, 2.45) is 0 Å². The standard InChI is InChI=1S/C18H14Cl2N2O5/c19-13-3-1-11(14(20)8-13)5-6-21-18(23)4-2-12-7-16-17(27-10-26-16)9-15(12)22(24)25/h1-4,7-9H,5-6,10H2,(H,21,23)/b4-2+. The Kier molecular flexibility index (Phi) is 5.83. The van der Waals surface area contributed by atoms with E-state index in [4.69, 9.17) is 32.7 Å². The van der Waals surface area contributed by atoms with Gasteiger partial charge in [-0.2, -0.15) is 0 Å². The first-order valence-corrected chi connectivity index (χ1v) is 8.67. The number of hydrogen-bond acceptors (Lipinski definition) is 5. The Morgan fingerprint density at radius 3 is 2.67 bits per heavy atom. The number of nitrogens with one attached hydrogen (secondary N) is 1. The summed E-state index contributed by atoms with van der Waals surface area (Å²) in [6.07, 6.45) is 3.12. The van der Waals surface area contributed by atoms with Gasteiger partial charge in [-0.25, -0.2) is 0 Å². The highest BCUT2D eigenvalue weighted by molar-refractivity contribution is 6.35. The second kappa shape index (κ2) is 8.28. The number of fused-ring (bicyclic) bond motifs is 1. The van der Waals surface area contributed by atoms with Crippen molar-refractivity contribution in [2.75, 3.05) is 13.3 Å². The zero-order valence-electron chi connectivity index (χ0n) is 13.9. The van der Waals surface area contributed by atoms with Gasteiger partial charge < -0.3 is 14.8 Å². The highest BCUT2D eigenvalue weighted by atomic mass is 35.5. The van der Waals surface area contributed by atoms with E-state index in [1.54, 1.807) is 18.2 Å². The minimum Gasteiger partial charge on any atom is -0.454 e. The molecule has 0 unspecified atom stereocenters. The Hall–Kier alpha value is -2.77. The van der Waals surface area contributed by atoms with Crippen LogP contribution in [0.1, 0.15) is 11.1 Å². The number of nitro groups is 1. The van der Waals surface area contributed by atoms with Crippen LogP contribution in [0.5, 0.6) is 11.5 Å². The topological polar surface area (TPSA) is 90.7 Å². The van der Waals surface area contributed by atoms with Crippen LogP contribution >= 0.6 is 23.2 Å². The molecule has 1 heterocycles. The molecule has 0 spiro atoms. The molecule has 0 atom stereocenters. The molecular weight excluding hydrogens is 395 g/mol. The highest BCUT2D eigenvalue weighted by Crippen LogP contribution is 2.38. The summed E-state index contributed by atoms with van der Waals surface area (Å²) in [5.74, 6) is 0.327. The monoisotopic (exact) mass is 408 g/mol. The van der Waals surface area contributed by atoms with Gasteiger partial charge in [-0.1, -0.05) is 29.3 Å². The van der Waals surface area contributed by atoms with Crippen molar-refractivity contribution in [3.63, 3.8) is 0 Å². The van der Waals surface area contributed by atoms with Gasteiger partial charge >= 0.3 is 0 Å². The highest BCUT2D eigenvalue weighted by Gasteiger charge is 2.22. The molecule has 1 N–H and O–H groups in total. The maximum absolute atomic E-state index is 12.0. The maximum atomic E-state index is 12.0. The fourth-order valence-electron chi connectivity index (χ4n) is 2.51. The lowest BCUT2D eigenvalue weighted by Crippen LogP contribution is -2.23. The van der Waals surface area contributed by atoms with E-state index < -0.39 is 4.92 Å². The number of carbonyl (C=O) groups is 1. The van der Waals surface area contributed by atoms with Crippen LogP contribution in [-0.2, 0) is 11.2 Å². The third-order valence-electron chi connectivity index (χ3n) is 3.84. The second-order valence-electron chi connectivity index (χ2n) is 5.63. The van der Waals surface area contributed by atoms with E-state index >= 15 is 0 Å². The van der Waals surface area contributed by atoms with Crippen molar-refractivity contribution in [3.05, 3.63) is 67.7 Å². The van der Waals surface area contributed by atoms with E-state index in [1.165, 1.54) is 24.3 Å². The van der Waals surface area contributed by atoms with Crippen molar-refractivity contribution in [3.8, 4) is 11.5 Å². The molecule has 27 heavy (non-hydrogen) atoms. The van der Waals surface area contributed by atoms with Crippen LogP contribution in [0.25, 0.3) is 6.08 Å². The van der Waals surface area contributed by atoms with E-state index in [-0.39, 0.29) is 24.0 Å². The lowest BCUT2D eigenvalue weighted by Gasteiger charge is -2.05. The molecule has 0 aromatic heterocycles. The molecule has 0 bridgehead atoms. The molecule has 1 amide bonds. The average Bonchev–Trinajstić information content (AvgIpc) is 3.08. The van der Waals surface area contributed by atoms with Crippen molar-refractivity contribution in [2.45, 2.75) is 6.42 Å². The molecular formula is C18H14Cl2N2O5. The number of hydrogen-bond donors (Lipinski definition) is 1. The minimum atomic E-state index is -0.540. The molecule has 3 rings (SSSR count). The Morgan fingerprint density at radius 2 is 1.96 bits per heavy atom. The summed E-state index contributed by atoms with van der Waals surface area (Å²) in [7, 11) is 0. The molecule has 0 radical (unpaired) electrons. The number of benzene rings is 2. The summed E-state index contributed by atoms with van der Waals surface area (Å²) in [4.78, 5) is 22.6. The van der Waals surface area contributed by atoms with E-state index in [2.05, 4.69) is 5.32 Å². The average molecular weight is 409 g/mol. The molecule has 2 aromatic rings. The smallest absolute Gasteiger partial charge is 0.280 e. The van der Waals surface area contributed by atoms with Crippen molar-refractivity contribution in [1.82, 2.24) is 5.32 Å². The summed E-state index contributed by atoms with van der Waals surface area (Å²) >= 11 is 11.9. The van der Waals surface area contributed by atoms with Gasteiger partial charge in [-0.15, -0.1) is 0 Å². The third-order valence-corrected chi connectivity index (χ3v) is 4.43. The van der Waals surface area contributed by atoms with Crippen LogP contribution in [0.3, 0.4) is 0 Å². The Morgan fingerprint density at radius 1 is 1.22 bits per heavy atom. The molecule has 0 fully saturated rings. The zero-order valence-corrected chi connectivity index (χ0v) is 15.4. The SMILES string of the molecule is O=C(/C=C/c1cc2c(cc1[N+](=O)[O-])OCO2)NCCc1ccc(Cl)cc1Cl. The normalized spacial score (nSPS) is 12.4. The number of rotatable bonds is 6. The number of nitro benzene ring substituents is 1. The van der Waals surface area contributed by atoms with E-state index in [1.807, 2.05) is 0 Å². The summed E-state index contributed by atoms with van der Waals surface area (Å²) in [6.45, 7) is 0.362. The van der Waals surface area contributed by atoms with E-state index in [9.17, 15) is 14.9 Å². The van der Waals surface area contributed by atoms with Crippen molar-refractivity contribution >= 4 is 40.9 Å². The number of amides is 1. The van der Waals surface area contributed by atoms with Crippen molar-refractivity contribution < 1.29 is 19.2 Å². The Labute approximate surface area is 164 Å². The first-order valence-electron chi connectivity index (χ1n) is 7.92. The molecule has 7 nitrogen and oxygen atoms in total. The van der Waals surface area contributed by atoms with Crippen LogP contribution in [0.4, 0.5) is 5.69 Å². The Balaban J connectivity index is 1.62. The lowest BCUT2D eigenvalue weighted by molar-refractivity contribution is -0.385. The predicted molar refractivity (Wildman–Crippen MR) is 101 cm³/mol. The zero-order chi connectivity index (χ0) is 19.4. The van der Waals surface area contributed by atoms with Crippen LogP contribution in [-0.4, -0.2) is 24.2 Å². The molecule has 140 valence electrons. The van der Waals surface area contributed by atoms with Gasteiger partial charge in [0.15, 0.2) is 11.5 Å². The fourth-order valence-corrected chi connectivity index (χ4v) is 3.01. The summed E-state index contributed by atoms with van der Waals surface area (Å²) in [5.41, 5.74) is 0.938. The third kappa shape index (κ3) is 4.69. The summed E-state index contributed by atoms with van der Waals surface area (Å²) in [5, 5.41) is 15.0. The molecule has 1 aliphatic heterocycles. The first-order chi connectivity index (χ1) is 12.9. The summed E-state index contributed by atoms with van der Waals surface area (Å²) in [6, 6.07) is 7.91. The van der Waals surface area contributed by atoms with Crippen LogP contribution in [0.15, 0.2) is 36.4 Å². The Bertz CT molecular complexity index is 930. The van der Waals surface area contributed by atoms with Crippen LogP contribution < -0.4 is 14.8 Å². The largest absolute Gasteiger partial charge is 0.454 e. The molecule has 1 aliphatic rings. The van der Waals surface area contributed by atoms with Gasteiger partial charge in [0.2, 0.25) is 12.7 Å². The molecule has 2 aromatic carbocycles. The van der Waals surface area contributed by atoms with Crippen molar-refractivity contribution in [1.29, 1.82) is 0 Å². The van der Waals surface area contributed by atoms with Crippen LogP contribution in [0, 0.1) is 10.1 Å². The number of ether oxygens (including phenoxy) is 2. The van der Waals surface area contributed by atoms with Gasteiger partial charge in [0, 0.05) is 22.7 Å². The fraction of sp³-hybridized carbons (Fsp3) is 0.167. The van der Waals surface area contributed by atoms with Gasteiger partial charge in [0.25, 0.3) is 5.69 Å². The maximum Gasteiger partial charge on any atom is 0.280 e. The molecule has 0 saturated heterocycles. The van der Waals surface area contributed by atoms with Gasteiger partial charge in [0.05, 0.1) is 16.6 Å². The summed E-state index contributed by atoms with van der Waals surface area (Å²) < 4.78 is 10.3. The molecule has 0 saturated carbocycles. The van der Waals surface area contributed by atoms with Gasteiger partial charge in [-0.3, -0.25) is 14.9 Å². The van der Waals surface area contributed by atoms with Gasteiger partial charge in [-0.05, 0) is 36.3 Å². The molecule has 9 heteroatoms.